The fourth-order valence-corrected chi connectivity index (χ4v) is 12.1. The van der Waals surface area contributed by atoms with Crippen LogP contribution in [0.4, 0.5) is 0 Å². The largest absolute Gasteiger partial charge is 0.481 e. The molecule has 4 saturated carbocycles. The molecule has 0 unspecified atom stereocenters. The minimum absolute atomic E-state index is 0.0411. The maximum Gasteiger partial charge on any atom is 0.315 e. The van der Waals surface area contributed by atoms with Gasteiger partial charge < -0.3 is 50.3 Å². The molecule has 12 nitrogen and oxygen atoms in total. The molecule has 0 bridgehead atoms. The lowest BCUT2D eigenvalue weighted by Crippen LogP contribution is -2.69. The molecule has 0 spiro atoms. The zero-order valence-electron chi connectivity index (χ0n) is 29.0. The predicted octanol–water partition coefficient (Wildman–Crippen LogP) is 1.50. The Bertz CT molecular complexity index is 1350. The first-order valence-electron chi connectivity index (χ1n) is 17.7. The van der Waals surface area contributed by atoms with E-state index in [9.17, 15) is 50.4 Å². The van der Waals surface area contributed by atoms with E-state index in [1.807, 2.05) is 13.8 Å². The molecule has 16 atom stereocenters. The van der Waals surface area contributed by atoms with Crippen molar-refractivity contribution in [2.75, 3.05) is 6.61 Å². The summed E-state index contributed by atoms with van der Waals surface area (Å²) in [5.41, 5.74) is -3.75. The molecule has 1 aliphatic heterocycles. The van der Waals surface area contributed by atoms with Gasteiger partial charge in [-0.15, -0.1) is 0 Å². The van der Waals surface area contributed by atoms with Gasteiger partial charge in [0.25, 0.3) is 0 Å². The number of fused-ring (bicyclic) bond motifs is 7. The summed E-state index contributed by atoms with van der Waals surface area (Å²) in [5, 5.41) is 85.7. The number of ether oxygens (including phenoxy) is 2. The average molecular weight is 681 g/mol. The number of carboxylic acids is 1. The molecular weight excluding hydrogens is 624 g/mol. The van der Waals surface area contributed by atoms with Gasteiger partial charge in [-0.25, -0.2) is 0 Å². The van der Waals surface area contributed by atoms with E-state index in [0.717, 1.165) is 5.57 Å². The number of hydrogen-bond acceptors (Lipinski definition) is 11. The normalized spacial score (nSPS) is 54.4. The molecule has 1 heterocycles. The number of aliphatic carboxylic acids is 1. The monoisotopic (exact) mass is 680 g/mol. The molecular formula is C36H56O12. The lowest BCUT2D eigenvalue weighted by Gasteiger charge is -2.71. The van der Waals surface area contributed by atoms with Crippen LogP contribution in [0.1, 0.15) is 92.9 Å². The van der Waals surface area contributed by atoms with Crippen molar-refractivity contribution < 1.29 is 59.9 Å². The van der Waals surface area contributed by atoms with Crippen LogP contribution in [0.5, 0.6) is 0 Å². The second kappa shape index (κ2) is 11.4. The Hall–Kier alpha value is -1.64. The molecule has 0 radical (unpaired) electrons. The smallest absolute Gasteiger partial charge is 0.315 e. The molecule has 6 rings (SSSR count). The van der Waals surface area contributed by atoms with Gasteiger partial charge in [-0.1, -0.05) is 46.3 Å². The van der Waals surface area contributed by atoms with E-state index >= 15 is 0 Å². The highest BCUT2D eigenvalue weighted by Gasteiger charge is 2.73. The Morgan fingerprint density at radius 1 is 0.854 bits per heavy atom. The summed E-state index contributed by atoms with van der Waals surface area (Å²) in [7, 11) is 0. The van der Waals surface area contributed by atoms with Crippen LogP contribution < -0.4 is 0 Å². The topological polar surface area (TPSA) is 214 Å². The Morgan fingerprint density at radius 2 is 1.50 bits per heavy atom. The van der Waals surface area contributed by atoms with E-state index in [1.165, 1.54) is 0 Å². The van der Waals surface area contributed by atoms with Gasteiger partial charge in [-0.3, -0.25) is 9.59 Å². The van der Waals surface area contributed by atoms with Crippen molar-refractivity contribution in [2.24, 2.45) is 50.2 Å². The zero-order valence-corrected chi connectivity index (χ0v) is 29.0. The summed E-state index contributed by atoms with van der Waals surface area (Å²) in [6, 6.07) is 0. The highest BCUT2D eigenvalue weighted by molar-refractivity contribution is 5.79. The van der Waals surface area contributed by atoms with Crippen LogP contribution in [-0.2, 0) is 19.1 Å². The predicted molar refractivity (Wildman–Crippen MR) is 170 cm³/mol. The first-order chi connectivity index (χ1) is 22.2. The van der Waals surface area contributed by atoms with Crippen molar-refractivity contribution in [3.05, 3.63) is 11.6 Å². The Labute approximate surface area is 282 Å². The number of hydrogen-bond donors (Lipinski definition) is 8. The number of aliphatic hydroxyl groups is 7. The Kier molecular flexibility index (Phi) is 8.61. The zero-order chi connectivity index (χ0) is 35.6. The third-order valence-corrected chi connectivity index (χ3v) is 15.4. The van der Waals surface area contributed by atoms with Gasteiger partial charge >= 0.3 is 11.9 Å². The van der Waals surface area contributed by atoms with E-state index in [2.05, 4.69) is 26.8 Å². The Morgan fingerprint density at radius 3 is 2.12 bits per heavy atom. The number of rotatable bonds is 4. The third-order valence-electron chi connectivity index (χ3n) is 15.4. The number of allylic oxidation sites excluding steroid dienone is 1. The molecule has 272 valence electrons. The first-order valence-corrected chi connectivity index (χ1v) is 17.7. The van der Waals surface area contributed by atoms with Crippen LogP contribution in [0.2, 0.25) is 0 Å². The van der Waals surface area contributed by atoms with Crippen molar-refractivity contribution in [1.29, 1.82) is 0 Å². The van der Waals surface area contributed by atoms with Gasteiger partial charge in [0, 0.05) is 5.92 Å². The highest BCUT2D eigenvalue weighted by Crippen LogP contribution is 2.76. The molecule has 8 N–H and O–H groups in total. The fraction of sp³-hybridized carbons (Fsp3) is 0.889. The van der Waals surface area contributed by atoms with Gasteiger partial charge in [-0.05, 0) is 91.8 Å². The fourth-order valence-electron chi connectivity index (χ4n) is 12.1. The van der Waals surface area contributed by atoms with Gasteiger partial charge in [0.15, 0.2) is 0 Å². The van der Waals surface area contributed by atoms with Crippen molar-refractivity contribution >= 4 is 11.9 Å². The number of aliphatic hydroxyl groups excluding tert-OH is 7. The standard InChI is InChI=1S/C36H56O12/c1-31(2)11-13-36(30(46)48-28-25(41)24(40)23(39)19(16-37)47-28)14-12-33(4)17(22(36)27(31)43)7-8-20-32(3)15-18(38)26(42)35(6,29(44)45)21(32)9-10-34(20,33)5/h7,18-28,37-43H,8-16H2,1-6H3,(H,44,45)/t18-,19-,20-,21-,22-,23-,24+,25-,26+,27+,28+,32-,33-,34-,35+,36+/m1/s1. The van der Waals surface area contributed by atoms with E-state index in [0.29, 0.717) is 44.9 Å². The van der Waals surface area contributed by atoms with Crippen molar-refractivity contribution in [1.82, 2.24) is 0 Å². The summed E-state index contributed by atoms with van der Waals surface area (Å²) in [4.78, 5) is 27.2. The summed E-state index contributed by atoms with van der Waals surface area (Å²) in [6.45, 7) is 11.4. The van der Waals surface area contributed by atoms with Crippen molar-refractivity contribution in [3.8, 4) is 0 Å². The van der Waals surface area contributed by atoms with Crippen LogP contribution in [-0.4, -0.2) is 108 Å². The quantitative estimate of drug-likeness (QED) is 0.157. The number of carboxylic acid groups (broad SMARTS) is 1. The van der Waals surface area contributed by atoms with Crippen LogP contribution in [0, 0.1) is 50.2 Å². The molecule has 6 aliphatic rings. The number of carbonyl (C=O) groups is 2. The van der Waals surface area contributed by atoms with E-state index in [4.69, 9.17) is 9.47 Å². The van der Waals surface area contributed by atoms with Crippen LogP contribution >= 0.6 is 0 Å². The van der Waals surface area contributed by atoms with Crippen LogP contribution in [0.15, 0.2) is 11.6 Å². The molecule has 0 amide bonds. The molecule has 5 fully saturated rings. The molecule has 12 heteroatoms. The first kappa shape index (κ1) is 36.2. The maximum absolute atomic E-state index is 14.4. The highest BCUT2D eigenvalue weighted by atomic mass is 16.7. The van der Waals surface area contributed by atoms with E-state index in [-0.39, 0.29) is 18.3 Å². The van der Waals surface area contributed by atoms with Crippen molar-refractivity contribution in [2.45, 2.75) is 142 Å². The number of esters is 1. The summed E-state index contributed by atoms with van der Waals surface area (Å²) < 4.78 is 11.4. The second-order valence-electron chi connectivity index (χ2n) is 17.8. The van der Waals surface area contributed by atoms with E-state index < -0.39 is 106 Å². The lowest BCUT2D eigenvalue weighted by molar-refractivity contribution is -0.298. The third kappa shape index (κ3) is 4.55. The SMILES string of the molecule is CC1(C)CC[C@]2(C(=O)O[C@@H]3O[C@H](CO)[C@@H](O)[C@H](O)[C@H]3O)CC[C@]3(C)C(=CC[C@@H]4[C@@]5(C)C[C@@H](O)[C@H](O)[C@@](C)(C(=O)O)[C@@H]5CC[C@]43C)[C@@H]2[C@@H]1O. The van der Waals surface area contributed by atoms with E-state index in [1.54, 1.807) is 6.92 Å². The minimum atomic E-state index is -1.74. The van der Waals surface area contributed by atoms with Crippen LogP contribution in [0.25, 0.3) is 0 Å². The maximum atomic E-state index is 14.4. The molecule has 5 aliphatic carbocycles. The minimum Gasteiger partial charge on any atom is -0.481 e. The molecule has 0 aromatic carbocycles. The second-order valence-corrected chi connectivity index (χ2v) is 17.8. The van der Waals surface area contributed by atoms with Crippen LogP contribution in [0.3, 0.4) is 0 Å². The van der Waals surface area contributed by atoms with Gasteiger partial charge in [0.2, 0.25) is 6.29 Å². The van der Waals surface area contributed by atoms with Gasteiger partial charge in [-0.2, -0.15) is 0 Å². The lowest BCUT2D eigenvalue weighted by atomic mass is 9.33. The molecule has 48 heavy (non-hydrogen) atoms. The van der Waals surface area contributed by atoms with Gasteiger partial charge in [0.05, 0.1) is 35.7 Å². The Balaban J connectivity index is 1.40. The van der Waals surface area contributed by atoms with Crippen molar-refractivity contribution in [3.63, 3.8) is 0 Å². The molecule has 0 aromatic rings. The average Bonchev–Trinajstić information content (AvgIpc) is 3.02. The molecule has 0 aromatic heterocycles. The summed E-state index contributed by atoms with van der Waals surface area (Å²) in [6.07, 6.45) is -5.35. The summed E-state index contributed by atoms with van der Waals surface area (Å²) >= 11 is 0. The summed E-state index contributed by atoms with van der Waals surface area (Å²) in [5.74, 6) is -2.82. The number of carbonyl (C=O) groups excluding carboxylic acids is 1. The van der Waals surface area contributed by atoms with Gasteiger partial charge in [0.1, 0.15) is 24.4 Å². The molecule has 1 saturated heterocycles.